The van der Waals surface area contributed by atoms with Gasteiger partial charge in [0.2, 0.25) is 0 Å². The van der Waals surface area contributed by atoms with E-state index in [1.165, 1.54) is 37.1 Å². The summed E-state index contributed by atoms with van der Waals surface area (Å²) in [4.78, 5) is 2.41. The summed E-state index contributed by atoms with van der Waals surface area (Å²) < 4.78 is 0. The zero-order valence-corrected chi connectivity index (χ0v) is 10.1. The van der Waals surface area contributed by atoms with Crippen LogP contribution in [0.3, 0.4) is 0 Å². The highest BCUT2D eigenvalue weighted by atomic mass is 15.1. The van der Waals surface area contributed by atoms with Crippen molar-refractivity contribution in [3.05, 3.63) is 29.3 Å². The second kappa shape index (κ2) is 4.26. The standard InChI is InChI=1S/C14H21N/c1-4-12-8-6-10-15(3)13-9-5-7-11(2)14(12)13/h5,7,9,12H,4,6,8,10H2,1-3H3. The van der Waals surface area contributed by atoms with Crippen LogP contribution in [0.2, 0.25) is 0 Å². The second-order valence-electron chi connectivity index (χ2n) is 4.68. The van der Waals surface area contributed by atoms with Crippen molar-refractivity contribution in [2.24, 2.45) is 0 Å². The number of nitrogens with zero attached hydrogens (tertiary/aromatic N) is 1. The third-order valence-electron chi connectivity index (χ3n) is 3.66. The van der Waals surface area contributed by atoms with E-state index in [-0.39, 0.29) is 0 Å². The van der Waals surface area contributed by atoms with Gasteiger partial charge in [-0.3, -0.25) is 0 Å². The number of hydrogen-bond acceptors (Lipinski definition) is 1. The Labute approximate surface area is 93.1 Å². The van der Waals surface area contributed by atoms with Crippen molar-refractivity contribution in [1.29, 1.82) is 0 Å². The monoisotopic (exact) mass is 203 g/mol. The molecule has 1 unspecified atom stereocenters. The number of anilines is 1. The molecule has 82 valence electrons. The number of benzene rings is 1. The quantitative estimate of drug-likeness (QED) is 0.672. The topological polar surface area (TPSA) is 3.24 Å². The molecular formula is C14H21N. The molecule has 15 heavy (non-hydrogen) atoms. The molecule has 1 heterocycles. The third-order valence-corrected chi connectivity index (χ3v) is 3.66. The van der Waals surface area contributed by atoms with E-state index in [0.29, 0.717) is 0 Å². The second-order valence-corrected chi connectivity index (χ2v) is 4.68. The average molecular weight is 203 g/mol. The summed E-state index contributed by atoms with van der Waals surface area (Å²) in [5, 5.41) is 0. The van der Waals surface area contributed by atoms with Gasteiger partial charge in [0, 0.05) is 19.3 Å². The minimum absolute atomic E-state index is 0.770. The van der Waals surface area contributed by atoms with E-state index < -0.39 is 0 Å². The van der Waals surface area contributed by atoms with Gasteiger partial charge in [0.25, 0.3) is 0 Å². The highest BCUT2D eigenvalue weighted by Gasteiger charge is 2.21. The predicted octanol–water partition coefficient (Wildman–Crippen LogP) is 3.72. The molecule has 0 fully saturated rings. The predicted molar refractivity (Wildman–Crippen MR) is 66.7 cm³/mol. The van der Waals surface area contributed by atoms with Gasteiger partial charge in [0.1, 0.15) is 0 Å². The fourth-order valence-corrected chi connectivity index (χ4v) is 2.78. The van der Waals surface area contributed by atoms with Gasteiger partial charge in [0.15, 0.2) is 0 Å². The van der Waals surface area contributed by atoms with Gasteiger partial charge >= 0.3 is 0 Å². The molecule has 0 amide bonds. The Hall–Kier alpha value is -0.980. The molecule has 0 aliphatic carbocycles. The van der Waals surface area contributed by atoms with Crippen molar-refractivity contribution >= 4 is 5.69 Å². The Morgan fingerprint density at radius 2 is 2.20 bits per heavy atom. The molecule has 1 aliphatic rings. The van der Waals surface area contributed by atoms with Gasteiger partial charge in [-0.05, 0) is 49.3 Å². The van der Waals surface area contributed by atoms with E-state index >= 15 is 0 Å². The molecule has 1 aliphatic heterocycles. The highest BCUT2D eigenvalue weighted by Crippen LogP contribution is 2.37. The number of fused-ring (bicyclic) bond motifs is 1. The van der Waals surface area contributed by atoms with Crippen molar-refractivity contribution in [2.45, 2.75) is 39.0 Å². The summed E-state index contributed by atoms with van der Waals surface area (Å²) in [6.45, 7) is 5.76. The molecule has 0 aromatic heterocycles. The SMILES string of the molecule is CCC1CCCN(C)c2cccc(C)c21. The summed E-state index contributed by atoms with van der Waals surface area (Å²) >= 11 is 0. The normalized spacial score (nSPS) is 21.0. The Balaban J connectivity index is 2.51. The van der Waals surface area contributed by atoms with Crippen molar-refractivity contribution in [3.8, 4) is 0 Å². The lowest BCUT2D eigenvalue weighted by atomic mass is 9.88. The molecule has 1 aromatic rings. The lowest BCUT2D eigenvalue weighted by Gasteiger charge is -2.22. The zero-order valence-electron chi connectivity index (χ0n) is 10.1. The summed E-state index contributed by atoms with van der Waals surface area (Å²) in [6.07, 6.45) is 3.94. The van der Waals surface area contributed by atoms with E-state index in [2.05, 4.69) is 44.0 Å². The van der Waals surface area contributed by atoms with Crippen LogP contribution in [-0.4, -0.2) is 13.6 Å². The van der Waals surface area contributed by atoms with Crippen molar-refractivity contribution in [1.82, 2.24) is 0 Å². The summed E-state index contributed by atoms with van der Waals surface area (Å²) in [5.41, 5.74) is 4.52. The fraction of sp³-hybridized carbons (Fsp3) is 0.571. The molecule has 1 aromatic carbocycles. The van der Waals surface area contributed by atoms with E-state index in [1.807, 2.05) is 0 Å². The molecule has 0 N–H and O–H groups in total. The largest absolute Gasteiger partial charge is 0.374 e. The number of aryl methyl sites for hydroxylation is 1. The van der Waals surface area contributed by atoms with Gasteiger partial charge in [0.05, 0.1) is 0 Å². The summed E-state index contributed by atoms with van der Waals surface area (Å²) in [5.74, 6) is 0.770. The first-order valence-corrected chi connectivity index (χ1v) is 6.04. The molecule has 2 rings (SSSR count). The molecule has 1 heteroatoms. The van der Waals surface area contributed by atoms with Crippen LogP contribution >= 0.6 is 0 Å². The van der Waals surface area contributed by atoms with Gasteiger partial charge in [-0.15, -0.1) is 0 Å². The fourth-order valence-electron chi connectivity index (χ4n) is 2.78. The first kappa shape index (κ1) is 10.5. The van der Waals surface area contributed by atoms with E-state index in [1.54, 1.807) is 5.56 Å². The molecule has 0 saturated heterocycles. The van der Waals surface area contributed by atoms with E-state index in [9.17, 15) is 0 Å². The van der Waals surface area contributed by atoms with Crippen molar-refractivity contribution in [3.63, 3.8) is 0 Å². The van der Waals surface area contributed by atoms with Crippen LogP contribution in [0.5, 0.6) is 0 Å². The molecular weight excluding hydrogens is 182 g/mol. The Bertz CT molecular complexity index is 343. The van der Waals surface area contributed by atoms with E-state index in [4.69, 9.17) is 0 Å². The Kier molecular flexibility index (Phi) is 2.99. The third kappa shape index (κ3) is 1.88. The highest BCUT2D eigenvalue weighted by molar-refractivity contribution is 5.58. The van der Waals surface area contributed by atoms with Gasteiger partial charge in [-0.25, -0.2) is 0 Å². The maximum absolute atomic E-state index is 2.41. The molecule has 0 spiro atoms. The molecule has 0 saturated carbocycles. The average Bonchev–Trinajstić information content (AvgIpc) is 2.39. The van der Waals surface area contributed by atoms with Gasteiger partial charge < -0.3 is 4.90 Å². The molecule has 0 bridgehead atoms. The van der Waals surface area contributed by atoms with Gasteiger partial charge in [-0.2, -0.15) is 0 Å². The Morgan fingerprint density at radius 3 is 2.93 bits per heavy atom. The van der Waals surface area contributed by atoms with Crippen LogP contribution in [-0.2, 0) is 0 Å². The van der Waals surface area contributed by atoms with Crippen LogP contribution in [0.15, 0.2) is 18.2 Å². The first-order valence-electron chi connectivity index (χ1n) is 6.04. The van der Waals surface area contributed by atoms with E-state index in [0.717, 1.165) is 5.92 Å². The van der Waals surface area contributed by atoms with Crippen LogP contribution in [0.1, 0.15) is 43.2 Å². The summed E-state index contributed by atoms with van der Waals surface area (Å²) in [6, 6.07) is 6.71. The minimum Gasteiger partial charge on any atom is -0.374 e. The lowest BCUT2D eigenvalue weighted by molar-refractivity contribution is 0.593. The number of rotatable bonds is 1. The first-order chi connectivity index (χ1) is 7.24. The zero-order chi connectivity index (χ0) is 10.8. The Morgan fingerprint density at radius 1 is 1.40 bits per heavy atom. The summed E-state index contributed by atoms with van der Waals surface area (Å²) in [7, 11) is 2.22. The smallest absolute Gasteiger partial charge is 0.0401 e. The maximum Gasteiger partial charge on any atom is 0.0401 e. The number of hydrogen-bond donors (Lipinski definition) is 0. The lowest BCUT2D eigenvalue weighted by Crippen LogP contribution is -2.17. The molecule has 0 radical (unpaired) electrons. The molecule has 1 nitrogen and oxygen atoms in total. The van der Waals surface area contributed by atoms with Crippen molar-refractivity contribution in [2.75, 3.05) is 18.5 Å². The maximum atomic E-state index is 2.41. The molecule has 1 atom stereocenters. The van der Waals surface area contributed by atoms with Crippen LogP contribution in [0.25, 0.3) is 0 Å². The van der Waals surface area contributed by atoms with Crippen LogP contribution in [0.4, 0.5) is 5.69 Å². The van der Waals surface area contributed by atoms with Gasteiger partial charge in [-0.1, -0.05) is 19.1 Å². The van der Waals surface area contributed by atoms with Crippen LogP contribution in [0, 0.1) is 6.92 Å². The minimum atomic E-state index is 0.770. The van der Waals surface area contributed by atoms with Crippen molar-refractivity contribution < 1.29 is 0 Å². The van der Waals surface area contributed by atoms with Crippen LogP contribution < -0.4 is 4.90 Å².